The number of aromatic hydroxyl groups is 1. The van der Waals surface area contributed by atoms with Gasteiger partial charge in [-0.3, -0.25) is 4.79 Å². The van der Waals surface area contributed by atoms with Gasteiger partial charge in [0.05, 0.1) is 6.04 Å². The summed E-state index contributed by atoms with van der Waals surface area (Å²) < 4.78 is 0. The highest BCUT2D eigenvalue weighted by Crippen LogP contribution is 2.32. The van der Waals surface area contributed by atoms with Gasteiger partial charge in [0.15, 0.2) is 0 Å². The van der Waals surface area contributed by atoms with Gasteiger partial charge in [0.1, 0.15) is 11.4 Å². The molecule has 3 rings (SSSR count). The number of nitrogens with zero attached hydrogens (tertiary/aromatic N) is 2. The van der Waals surface area contributed by atoms with E-state index in [0.717, 1.165) is 42.8 Å². The number of carbonyl (C=O) groups is 1. The molecule has 148 valence electrons. The molecule has 28 heavy (non-hydrogen) atoms. The molecule has 1 saturated heterocycles. The molecule has 1 aromatic carbocycles. The first kappa shape index (κ1) is 19.9. The van der Waals surface area contributed by atoms with E-state index in [4.69, 9.17) is 0 Å². The quantitative estimate of drug-likeness (QED) is 0.820. The molecule has 2 heterocycles. The maximum atomic E-state index is 12.5. The van der Waals surface area contributed by atoms with E-state index in [-0.39, 0.29) is 18.0 Å². The molecule has 5 heteroatoms. The number of benzene rings is 1. The molecule has 2 atom stereocenters. The predicted octanol–water partition coefficient (Wildman–Crippen LogP) is 4.13. The first-order valence-electron chi connectivity index (χ1n) is 9.89. The summed E-state index contributed by atoms with van der Waals surface area (Å²) in [4.78, 5) is 19.1. The van der Waals surface area contributed by atoms with Crippen LogP contribution in [0.4, 0.5) is 0 Å². The van der Waals surface area contributed by atoms with Crippen LogP contribution in [0.3, 0.4) is 0 Å². The Morgan fingerprint density at radius 2 is 2.18 bits per heavy atom. The van der Waals surface area contributed by atoms with Gasteiger partial charge in [0, 0.05) is 30.4 Å². The molecule has 0 bridgehead atoms. The van der Waals surface area contributed by atoms with Gasteiger partial charge >= 0.3 is 0 Å². The number of aromatic nitrogens is 1. The van der Waals surface area contributed by atoms with E-state index in [0.29, 0.717) is 11.4 Å². The van der Waals surface area contributed by atoms with Crippen LogP contribution in [0, 0.1) is 6.92 Å². The Morgan fingerprint density at radius 1 is 1.39 bits per heavy atom. The van der Waals surface area contributed by atoms with Crippen molar-refractivity contribution in [3.05, 3.63) is 71.2 Å². The minimum absolute atomic E-state index is 0.0665. The highest BCUT2D eigenvalue weighted by atomic mass is 16.3. The van der Waals surface area contributed by atoms with E-state index < -0.39 is 0 Å². The number of rotatable bonds is 5. The van der Waals surface area contributed by atoms with Gasteiger partial charge in [-0.05, 0) is 56.0 Å². The topological polar surface area (TPSA) is 65.5 Å². The van der Waals surface area contributed by atoms with E-state index >= 15 is 0 Å². The van der Waals surface area contributed by atoms with Crippen LogP contribution in [0.5, 0.6) is 5.75 Å². The Bertz CT molecular complexity index is 878. The van der Waals surface area contributed by atoms with Crippen LogP contribution in [0.25, 0.3) is 0 Å². The van der Waals surface area contributed by atoms with Crippen molar-refractivity contribution in [3.63, 3.8) is 0 Å². The third-order valence-electron chi connectivity index (χ3n) is 5.50. The van der Waals surface area contributed by atoms with Crippen molar-refractivity contribution in [1.82, 2.24) is 15.2 Å². The third-order valence-corrected chi connectivity index (χ3v) is 5.50. The molecule has 2 unspecified atom stereocenters. The first-order chi connectivity index (χ1) is 13.4. The normalized spacial score (nSPS) is 18.0. The number of phenolic OH excluding ortho intramolecular Hbond substituents is 1. The predicted molar refractivity (Wildman–Crippen MR) is 111 cm³/mol. The number of phenols is 1. The van der Waals surface area contributed by atoms with Crippen LogP contribution in [0.1, 0.15) is 60.0 Å². The molecule has 0 aliphatic carbocycles. The molecular formula is C23H29N3O2. The summed E-state index contributed by atoms with van der Waals surface area (Å²) in [5.41, 5.74) is 4.44. The second-order valence-electron chi connectivity index (χ2n) is 7.50. The third kappa shape index (κ3) is 4.35. The van der Waals surface area contributed by atoms with Gasteiger partial charge in [-0.15, -0.1) is 0 Å². The lowest BCUT2D eigenvalue weighted by atomic mass is 9.96. The van der Waals surface area contributed by atoms with Gasteiger partial charge in [0.25, 0.3) is 5.91 Å². The molecule has 1 fully saturated rings. The molecule has 1 amide bonds. The van der Waals surface area contributed by atoms with E-state index in [1.165, 1.54) is 5.56 Å². The number of hydrogen-bond acceptors (Lipinski definition) is 4. The molecule has 1 aromatic heterocycles. The maximum absolute atomic E-state index is 12.5. The Balaban J connectivity index is 1.63. The zero-order chi connectivity index (χ0) is 20.3. The van der Waals surface area contributed by atoms with Gasteiger partial charge in [0.2, 0.25) is 0 Å². The van der Waals surface area contributed by atoms with Gasteiger partial charge in [-0.1, -0.05) is 31.7 Å². The molecule has 1 aliphatic rings. The van der Waals surface area contributed by atoms with E-state index in [2.05, 4.69) is 34.8 Å². The van der Waals surface area contributed by atoms with Gasteiger partial charge in [-0.25, -0.2) is 4.98 Å². The molecule has 0 spiro atoms. The van der Waals surface area contributed by atoms with Crippen molar-refractivity contribution in [3.8, 4) is 5.75 Å². The van der Waals surface area contributed by atoms with Crippen LogP contribution in [-0.2, 0) is 6.42 Å². The summed E-state index contributed by atoms with van der Waals surface area (Å²) in [5, 5.41) is 13.0. The lowest BCUT2D eigenvalue weighted by Gasteiger charge is -2.40. The van der Waals surface area contributed by atoms with Crippen molar-refractivity contribution in [2.24, 2.45) is 0 Å². The summed E-state index contributed by atoms with van der Waals surface area (Å²) in [6.45, 7) is 11.2. The summed E-state index contributed by atoms with van der Waals surface area (Å²) in [6, 6.07) is 11.5. The van der Waals surface area contributed by atoms with Crippen LogP contribution in [-0.4, -0.2) is 33.5 Å². The van der Waals surface area contributed by atoms with Gasteiger partial charge in [-0.2, -0.15) is 0 Å². The van der Waals surface area contributed by atoms with Gasteiger partial charge < -0.3 is 15.3 Å². The Labute approximate surface area is 167 Å². The fourth-order valence-electron chi connectivity index (χ4n) is 3.80. The average Bonchev–Trinajstić information content (AvgIpc) is 2.68. The summed E-state index contributed by atoms with van der Waals surface area (Å²) in [7, 11) is 0. The minimum atomic E-state index is -0.130. The Kier molecular flexibility index (Phi) is 6.02. The van der Waals surface area contributed by atoms with Crippen molar-refractivity contribution < 1.29 is 9.90 Å². The van der Waals surface area contributed by atoms with Crippen molar-refractivity contribution in [2.45, 2.75) is 52.1 Å². The standard InChI is InChI=1S/C23H29N3O2/c1-5-18-14-19(9-10-22(18)27)17(4)26-12-11-20(13-16(26)3)25-23(28)21-8-6-7-15(2)24-21/h6-10,14,17,20,27H,3,5,11-13H2,1-2,4H3,(H,25,28). The monoisotopic (exact) mass is 379 g/mol. The van der Waals surface area contributed by atoms with Crippen LogP contribution < -0.4 is 5.32 Å². The fraction of sp³-hybridized carbons (Fsp3) is 0.391. The SMILES string of the molecule is C=C1CC(NC(=O)c2cccc(C)n2)CCN1C(C)c1ccc(O)c(CC)c1. The lowest BCUT2D eigenvalue weighted by Crippen LogP contribution is -2.44. The zero-order valence-corrected chi connectivity index (χ0v) is 16.9. The number of nitrogens with one attached hydrogen (secondary N) is 1. The van der Waals surface area contributed by atoms with E-state index in [1.807, 2.05) is 32.0 Å². The number of piperidine rings is 1. The van der Waals surface area contributed by atoms with Crippen molar-refractivity contribution in [2.75, 3.05) is 6.54 Å². The van der Waals surface area contributed by atoms with Crippen LogP contribution in [0.15, 0.2) is 48.7 Å². The molecule has 0 radical (unpaired) electrons. The second kappa shape index (κ2) is 8.46. The minimum Gasteiger partial charge on any atom is -0.508 e. The molecule has 2 aromatic rings. The number of aryl methyl sites for hydroxylation is 2. The average molecular weight is 380 g/mol. The molecule has 0 saturated carbocycles. The van der Waals surface area contributed by atoms with Crippen LogP contribution in [0.2, 0.25) is 0 Å². The van der Waals surface area contributed by atoms with E-state index in [1.54, 1.807) is 12.1 Å². The highest BCUT2D eigenvalue weighted by Gasteiger charge is 2.27. The number of hydrogen-bond donors (Lipinski definition) is 2. The number of likely N-dealkylation sites (tertiary alicyclic amines) is 1. The van der Waals surface area contributed by atoms with Crippen molar-refractivity contribution in [1.29, 1.82) is 0 Å². The maximum Gasteiger partial charge on any atom is 0.270 e. The number of amides is 1. The summed E-state index contributed by atoms with van der Waals surface area (Å²) in [6.07, 6.45) is 2.38. The summed E-state index contributed by atoms with van der Waals surface area (Å²) in [5.74, 6) is 0.220. The second-order valence-corrected chi connectivity index (χ2v) is 7.50. The largest absolute Gasteiger partial charge is 0.508 e. The Hall–Kier alpha value is -2.82. The Morgan fingerprint density at radius 3 is 2.86 bits per heavy atom. The van der Waals surface area contributed by atoms with E-state index in [9.17, 15) is 9.90 Å². The number of carbonyl (C=O) groups excluding carboxylic acids is 1. The molecular weight excluding hydrogens is 350 g/mol. The smallest absolute Gasteiger partial charge is 0.270 e. The zero-order valence-electron chi connectivity index (χ0n) is 16.9. The fourth-order valence-corrected chi connectivity index (χ4v) is 3.80. The molecule has 5 nitrogen and oxygen atoms in total. The van der Waals surface area contributed by atoms with Crippen LogP contribution >= 0.6 is 0 Å². The highest BCUT2D eigenvalue weighted by molar-refractivity contribution is 5.92. The molecule has 1 aliphatic heterocycles. The lowest BCUT2D eigenvalue weighted by molar-refractivity contribution is 0.0913. The molecule has 2 N–H and O–H groups in total. The first-order valence-corrected chi connectivity index (χ1v) is 9.89. The number of pyridine rings is 1. The van der Waals surface area contributed by atoms with Crippen molar-refractivity contribution >= 4 is 5.91 Å². The summed E-state index contributed by atoms with van der Waals surface area (Å²) >= 11 is 0.